The summed E-state index contributed by atoms with van der Waals surface area (Å²) in [6.07, 6.45) is -0.610. The molecule has 0 aliphatic carbocycles. The van der Waals surface area contributed by atoms with Gasteiger partial charge in [-0.2, -0.15) is 4.73 Å². The molecule has 0 aliphatic rings. The molecule has 0 fully saturated rings. The SMILES string of the molecule is O=C(Nc1cccc2ccc(-c3ccccc3)[n+]([O-])c12)OCc1ccccc1. The molecule has 0 saturated heterocycles. The first kappa shape index (κ1) is 17.5. The fourth-order valence-electron chi connectivity index (χ4n) is 3.07. The number of benzene rings is 3. The Labute approximate surface area is 162 Å². The maximum atomic E-state index is 13.0. The van der Waals surface area contributed by atoms with Crippen molar-refractivity contribution in [1.82, 2.24) is 0 Å². The summed E-state index contributed by atoms with van der Waals surface area (Å²) in [5.74, 6) is 0. The van der Waals surface area contributed by atoms with Crippen LogP contribution in [-0.4, -0.2) is 6.09 Å². The van der Waals surface area contributed by atoms with Gasteiger partial charge in [-0.05, 0) is 35.9 Å². The number of carbonyl (C=O) groups excluding carboxylic acids is 1. The molecule has 0 saturated carbocycles. The molecule has 5 heteroatoms. The van der Waals surface area contributed by atoms with Crippen LogP contribution in [0, 0.1) is 5.21 Å². The van der Waals surface area contributed by atoms with Crippen molar-refractivity contribution in [3.8, 4) is 11.3 Å². The minimum absolute atomic E-state index is 0.157. The number of hydrogen-bond donors (Lipinski definition) is 1. The van der Waals surface area contributed by atoms with E-state index in [0.29, 0.717) is 16.9 Å². The lowest BCUT2D eigenvalue weighted by Crippen LogP contribution is -2.31. The van der Waals surface area contributed by atoms with Gasteiger partial charge in [0.15, 0.2) is 0 Å². The number of hydrogen-bond acceptors (Lipinski definition) is 3. The topological polar surface area (TPSA) is 65.3 Å². The van der Waals surface area contributed by atoms with Crippen LogP contribution >= 0.6 is 0 Å². The third kappa shape index (κ3) is 3.64. The normalized spacial score (nSPS) is 10.6. The lowest BCUT2D eigenvalue weighted by Gasteiger charge is -2.12. The van der Waals surface area contributed by atoms with Crippen LogP contribution in [0.1, 0.15) is 5.56 Å². The highest BCUT2D eigenvalue weighted by Crippen LogP contribution is 2.24. The predicted molar refractivity (Wildman–Crippen MR) is 109 cm³/mol. The number of pyridine rings is 1. The molecule has 1 amide bonds. The summed E-state index contributed by atoms with van der Waals surface area (Å²) in [7, 11) is 0. The lowest BCUT2D eigenvalue weighted by molar-refractivity contribution is -0.564. The second-order valence-electron chi connectivity index (χ2n) is 6.31. The number of rotatable bonds is 4. The van der Waals surface area contributed by atoms with Crippen LogP contribution in [0.4, 0.5) is 10.5 Å². The monoisotopic (exact) mass is 370 g/mol. The van der Waals surface area contributed by atoms with Gasteiger partial charge < -0.3 is 9.94 Å². The number of aromatic nitrogens is 1. The molecule has 28 heavy (non-hydrogen) atoms. The van der Waals surface area contributed by atoms with Crippen LogP contribution in [-0.2, 0) is 11.3 Å². The number of carbonyl (C=O) groups is 1. The molecule has 1 N–H and O–H groups in total. The van der Waals surface area contributed by atoms with Gasteiger partial charge in [0.1, 0.15) is 12.3 Å². The van der Waals surface area contributed by atoms with Gasteiger partial charge in [0, 0.05) is 17.0 Å². The summed E-state index contributed by atoms with van der Waals surface area (Å²) in [4.78, 5) is 12.3. The Morgan fingerprint density at radius 2 is 1.57 bits per heavy atom. The molecule has 5 nitrogen and oxygen atoms in total. The molecule has 0 radical (unpaired) electrons. The Kier molecular flexibility index (Phi) is 4.89. The van der Waals surface area contributed by atoms with E-state index in [0.717, 1.165) is 21.2 Å². The zero-order valence-electron chi connectivity index (χ0n) is 15.0. The maximum Gasteiger partial charge on any atom is 0.412 e. The van der Waals surface area contributed by atoms with Crippen molar-refractivity contribution in [1.29, 1.82) is 0 Å². The number of para-hydroxylation sites is 1. The largest absolute Gasteiger partial charge is 0.618 e. The molecule has 4 aromatic rings. The van der Waals surface area contributed by atoms with Crippen molar-refractivity contribution in [2.75, 3.05) is 5.32 Å². The van der Waals surface area contributed by atoms with Gasteiger partial charge in [0.05, 0.1) is 0 Å². The highest BCUT2D eigenvalue weighted by Gasteiger charge is 2.17. The van der Waals surface area contributed by atoms with Crippen molar-refractivity contribution < 1.29 is 14.3 Å². The molecular weight excluding hydrogens is 352 g/mol. The van der Waals surface area contributed by atoms with E-state index >= 15 is 0 Å². The molecular formula is C23H18N2O3. The zero-order chi connectivity index (χ0) is 19.3. The number of fused-ring (bicyclic) bond motifs is 1. The van der Waals surface area contributed by atoms with Crippen LogP contribution in [0.5, 0.6) is 0 Å². The first-order valence-electron chi connectivity index (χ1n) is 8.91. The summed E-state index contributed by atoms with van der Waals surface area (Å²) < 4.78 is 6.12. The summed E-state index contributed by atoms with van der Waals surface area (Å²) in [5, 5.41) is 16.5. The fraction of sp³-hybridized carbons (Fsp3) is 0.0435. The first-order chi connectivity index (χ1) is 13.7. The Hall–Kier alpha value is -3.86. The molecule has 0 aliphatic heterocycles. The second kappa shape index (κ2) is 7.80. The predicted octanol–water partition coefficient (Wildman–Crippen LogP) is 4.89. The molecule has 1 heterocycles. The van der Waals surface area contributed by atoms with Crippen molar-refractivity contribution >= 4 is 22.7 Å². The quantitative estimate of drug-likeness (QED) is 0.411. The Bertz CT molecular complexity index is 1110. The lowest BCUT2D eigenvalue weighted by atomic mass is 10.1. The van der Waals surface area contributed by atoms with Crippen LogP contribution in [0.15, 0.2) is 91.0 Å². The number of nitrogens with zero attached hydrogens (tertiary/aromatic N) is 1. The van der Waals surface area contributed by atoms with Gasteiger partial charge in [-0.25, -0.2) is 4.79 Å². The minimum atomic E-state index is -0.610. The maximum absolute atomic E-state index is 13.0. The van der Waals surface area contributed by atoms with Gasteiger partial charge in [0.2, 0.25) is 11.2 Å². The van der Waals surface area contributed by atoms with Gasteiger partial charge in [0.25, 0.3) is 0 Å². The summed E-state index contributed by atoms with van der Waals surface area (Å²) >= 11 is 0. The average Bonchev–Trinajstić information content (AvgIpc) is 2.74. The number of nitrogens with one attached hydrogen (secondary N) is 1. The molecule has 138 valence electrons. The zero-order valence-corrected chi connectivity index (χ0v) is 15.0. The molecule has 0 bridgehead atoms. The summed E-state index contributed by atoms with van der Waals surface area (Å²) in [6, 6.07) is 27.8. The van der Waals surface area contributed by atoms with Gasteiger partial charge in [-0.15, -0.1) is 0 Å². The molecule has 3 aromatic carbocycles. The Morgan fingerprint density at radius 1 is 0.857 bits per heavy atom. The Balaban J connectivity index is 1.62. The molecule has 0 spiro atoms. The molecule has 4 rings (SSSR count). The van der Waals surface area contributed by atoms with E-state index in [4.69, 9.17) is 4.74 Å². The molecule has 0 atom stereocenters. The first-order valence-corrected chi connectivity index (χ1v) is 8.91. The van der Waals surface area contributed by atoms with E-state index in [2.05, 4.69) is 5.32 Å². The van der Waals surface area contributed by atoms with Crippen molar-refractivity contribution in [2.24, 2.45) is 0 Å². The van der Waals surface area contributed by atoms with Crippen LogP contribution in [0.3, 0.4) is 0 Å². The van der Waals surface area contributed by atoms with Gasteiger partial charge in [-0.3, -0.25) is 5.32 Å². The average molecular weight is 370 g/mol. The minimum Gasteiger partial charge on any atom is -0.618 e. The van der Waals surface area contributed by atoms with E-state index in [-0.39, 0.29) is 6.61 Å². The van der Waals surface area contributed by atoms with Crippen LogP contribution < -0.4 is 10.0 Å². The van der Waals surface area contributed by atoms with Crippen molar-refractivity contribution in [3.05, 3.63) is 102 Å². The molecule has 0 unspecified atom stereocenters. The van der Waals surface area contributed by atoms with Gasteiger partial charge in [-0.1, -0.05) is 54.6 Å². The Morgan fingerprint density at radius 3 is 2.32 bits per heavy atom. The standard InChI is InChI=1S/C23H18N2O3/c26-23(28-16-17-8-3-1-4-9-17)24-20-13-7-12-19-14-15-21(25(27)22(19)20)18-10-5-2-6-11-18/h1-15H,16H2,(H,24,26). The summed E-state index contributed by atoms with van der Waals surface area (Å²) in [6.45, 7) is 0.157. The van der Waals surface area contributed by atoms with E-state index in [1.165, 1.54) is 0 Å². The highest BCUT2D eigenvalue weighted by molar-refractivity contribution is 5.96. The number of anilines is 1. The third-order valence-corrected chi connectivity index (χ3v) is 4.43. The van der Waals surface area contributed by atoms with E-state index in [9.17, 15) is 10.0 Å². The van der Waals surface area contributed by atoms with Crippen molar-refractivity contribution in [3.63, 3.8) is 0 Å². The van der Waals surface area contributed by atoms with Crippen LogP contribution in [0.25, 0.3) is 22.2 Å². The summed E-state index contributed by atoms with van der Waals surface area (Å²) in [5.41, 5.74) is 3.01. The molecule has 1 aromatic heterocycles. The van der Waals surface area contributed by atoms with Crippen LogP contribution in [0.2, 0.25) is 0 Å². The smallest absolute Gasteiger partial charge is 0.412 e. The van der Waals surface area contributed by atoms with E-state index in [1.807, 2.05) is 72.8 Å². The van der Waals surface area contributed by atoms with Crippen molar-refractivity contribution in [2.45, 2.75) is 6.61 Å². The van der Waals surface area contributed by atoms with E-state index in [1.54, 1.807) is 18.2 Å². The number of amides is 1. The fourth-order valence-corrected chi connectivity index (χ4v) is 3.07. The van der Waals surface area contributed by atoms with Gasteiger partial charge >= 0.3 is 6.09 Å². The second-order valence-corrected chi connectivity index (χ2v) is 6.31. The van der Waals surface area contributed by atoms with E-state index < -0.39 is 6.09 Å². The number of ether oxygens (including phenoxy) is 1. The third-order valence-electron chi connectivity index (χ3n) is 4.43. The highest BCUT2D eigenvalue weighted by atomic mass is 16.5.